The van der Waals surface area contributed by atoms with Gasteiger partial charge in [0.25, 0.3) is 0 Å². The van der Waals surface area contributed by atoms with Crippen LogP contribution in [-0.4, -0.2) is 21.7 Å². The Labute approximate surface area is 111 Å². The molecule has 0 bridgehead atoms. The fourth-order valence-corrected chi connectivity index (χ4v) is 2.53. The Hall–Kier alpha value is -1.33. The van der Waals surface area contributed by atoms with Crippen molar-refractivity contribution in [3.63, 3.8) is 0 Å². The SMILES string of the molecule is Cc1ccccc1SCc1nc(CCCN)n[nH]1. The molecule has 0 saturated heterocycles. The first-order valence-electron chi connectivity index (χ1n) is 6.08. The van der Waals surface area contributed by atoms with Gasteiger partial charge in [0, 0.05) is 11.3 Å². The molecule has 0 aliphatic heterocycles. The molecule has 0 spiro atoms. The van der Waals surface area contributed by atoms with Crippen molar-refractivity contribution >= 4 is 11.8 Å². The summed E-state index contributed by atoms with van der Waals surface area (Å²) in [5.74, 6) is 2.61. The minimum atomic E-state index is 0.682. The second-order valence-corrected chi connectivity index (χ2v) is 5.16. The number of aryl methyl sites for hydroxylation is 2. The van der Waals surface area contributed by atoms with Gasteiger partial charge in [0.15, 0.2) is 5.82 Å². The maximum Gasteiger partial charge on any atom is 0.150 e. The van der Waals surface area contributed by atoms with E-state index in [0.29, 0.717) is 6.54 Å². The number of hydrogen-bond donors (Lipinski definition) is 2. The van der Waals surface area contributed by atoms with Gasteiger partial charge in [-0.2, -0.15) is 5.10 Å². The molecule has 5 heteroatoms. The number of nitrogens with zero attached hydrogens (tertiary/aromatic N) is 2. The van der Waals surface area contributed by atoms with Crippen molar-refractivity contribution in [2.24, 2.45) is 5.73 Å². The van der Waals surface area contributed by atoms with E-state index >= 15 is 0 Å². The van der Waals surface area contributed by atoms with Gasteiger partial charge in [-0.1, -0.05) is 18.2 Å². The molecular formula is C13H18N4S. The van der Waals surface area contributed by atoms with E-state index < -0.39 is 0 Å². The predicted molar refractivity (Wildman–Crippen MR) is 74.5 cm³/mol. The summed E-state index contributed by atoms with van der Waals surface area (Å²) in [7, 11) is 0. The highest BCUT2D eigenvalue weighted by Gasteiger charge is 2.04. The first-order valence-corrected chi connectivity index (χ1v) is 7.07. The maximum absolute atomic E-state index is 5.46. The molecule has 0 radical (unpaired) electrons. The molecule has 0 atom stereocenters. The monoisotopic (exact) mass is 262 g/mol. The lowest BCUT2D eigenvalue weighted by Gasteiger charge is -2.02. The van der Waals surface area contributed by atoms with Crippen molar-refractivity contribution < 1.29 is 0 Å². The average Bonchev–Trinajstić information content (AvgIpc) is 2.83. The third-order valence-electron chi connectivity index (χ3n) is 2.64. The lowest BCUT2D eigenvalue weighted by molar-refractivity contribution is 0.785. The van der Waals surface area contributed by atoms with Crippen molar-refractivity contribution in [1.29, 1.82) is 0 Å². The Bertz CT molecular complexity index is 495. The van der Waals surface area contributed by atoms with Crippen LogP contribution in [-0.2, 0) is 12.2 Å². The molecule has 18 heavy (non-hydrogen) atoms. The van der Waals surface area contributed by atoms with Crippen LogP contribution in [0.15, 0.2) is 29.2 Å². The van der Waals surface area contributed by atoms with Gasteiger partial charge in [-0.05, 0) is 31.5 Å². The van der Waals surface area contributed by atoms with Crippen molar-refractivity contribution in [2.45, 2.75) is 30.4 Å². The van der Waals surface area contributed by atoms with Gasteiger partial charge in [-0.15, -0.1) is 11.8 Å². The van der Waals surface area contributed by atoms with Gasteiger partial charge < -0.3 is 5.73 Å². The van der Waals surface area contributed by atoms with Crippen molar-refractivity contribution in [3.05, 3.63) is 41.5 Å². The van der Waals surface area contributed by atoms with Crippen molar-refractivity contribution in [2.75, 3.05) is 6.54 Å². The summed E-state index contributed by atoms with van der Waals surface area (Å²) in [6.07, 6.45) is 1.78. The van der Waals surface area contributed by atoms with Crippen LogP contribution < -0.4 is 5.73 Å². The number of nitrogens with one attached hydrogen (secondary N) is 1. The molecule has 2 rings (SSSR count). The van der Waals surface area contributed by atoms with Gasteiger partial charge in [0.2, 0.25) is 0 Å². The molecule has 0 saturated carbocycles. The van der Waals surface area contributed by atoms with Crippen LogP contribution in [0.3, 0.4) is 0 Å². The van der Waals surface area contributed by atoms with Crippen LogP contribution in [0.4, 0.5) is 0 Å². The van der Waals surface area contributed by atoms with Crippen LogP contribution >= 0.6 is 11.8 Å². The summed E-state index contributed by atoms with van der Waals surface area (Å²) in [4.78, 5) is 5.74. The maximum atomic E-state index is 5.46. The number of rotatable bonds is 6. The summed E-state index contributed by atoms with van der Waals surface area (Å²) in [6.45, 7) is 2.80. The fraction of sp³-hybridized carbons (Fsp3) is 0.385. The number of thioether (sulfide) groups is 1. The summed E-state index contributed by atoms with van der Waals surface area (Å²) in [5.41, 5.74) is 6.76. The zero-order chi connectivity index (χ0) is 12.8. The number of benzene rings is 1. The third kappa shape index (κ3) is 3.58. The van der Waals surface area contributed by atoms with E-state index in [1.54, 1.807) is 11.8 Å². The highest BCUT2D eigenvalue weighted by Crippen LogP contribution is 2.24. The normalized spacial score (nSPS) is 10.8. The molecule has 1 aromatic carbocycles. The van der Waals surface area contributed by atoms with Crippen LogP contribution in [0.2, 0.25) is 0 Å². The molecule has 96 valence electrons. The number of nitrogens with two attached hydrogens (primary N) is 1. The van der Waals surface area contributed by atoms with E-state index in [1.807, 2.05) is 0 Å². The van der Waals surface area contributed by atoms with Gasteiger partial charge in [0.05, 0.1) is 5.75 Å². The second-order valence-electron chi connectivity index (χ2n) is 4.14. The molecule has 4 nitrogen and oxygen atoms in total. The fourth-order valence-electron chi connectivity index (χ4n) is 1.64. The molecule has 2 aromatic rings. The molecule has 1 aromatic heterocycles. The molecule has 0 fully saturated rings. The van der Waals surface area contributed by atoms with E-state index in [-0.39, 0.29) is 0 Å². The van der Waals surface area contributed by atoms with Crippen LogP contribution in [0.1, 0.15) is 23.6 Å². The Morgan fingerprint density at radius 3 is 2.94 bits per heavy atom. The minimum Gasteiger partial charge on any atom is -0.330 e. The Kier molecular flexibility index (Phi) is 4.78. The van der Waals surface area contributed by atoms with Gasteiger partial charge in [-0.25, -0.2) is 4.98 Å². The third-order valence-corrected chi connectivity index (χ3v) is 3.83. The highest BCUT2D eigenvalue weighted by atomic mass is 32.2. The first kappa shape index (κ1) is 13.1. The van der Waals surface area contributed by atoms with E-state index in [2.05, 4.69) is 46.4 Å². The van der Waals surface area contributed by atoms with E-state index in [0.717, 1.165) is 30.2 Å². The summed E-state index contributed by atoms with van der Waals surface area (Å²) < 4.78 is 0. The summed E-state index contributed by atoms with van der Waals surface area (Å²) in [6, 6.07) is 8.36. The largest absolute Gasteiger partial charge is 0.330 e. The number of H-pyrrole nitrogens is 1. The van der Waals surface area contributed by atoms with E-state index in [4.69, 9.17) is 5.73 Å². The van der Waals surface area contributed by atoms with Gasteiger partial charge >= 0.3 is 0 Å². The van der Waals surface area contributed by atoms with Crippen LogP contribution in [0.5, 0.6) is 0 Å². The highest BCUT2D eigenvalue weighted by molar-refractivity contribution is 7.98. The molecule has 0 aliphatic rings. The van der Waals surface area contributed by atoms with E-state index in [1.165, 1.54) is 10.5 Å². The number of hydrogen-bond acceptors (Lipinski definition) is 4. The van der Waals surface area contributed by atoms with Crippen LogP contribution in [0.25, 0.3) is 0 Å². The van der Waals surface area contributed by atoms with E-state index in [9.17, 15) is 0 Å². The molecule has 0 aliphatic carbocycles. The lowest BCUT2D eigenvalue weighted by atomic mass is 10.2. The second kappa shape index (κ2) is 6.56. The smallest absolute Gasteiger partial charge is 0.150 e. The Morgan fingerprint density at radius 1 is 1.33 bits per heavy atom. The lowest BCUT2D eigenvalue weighted by Crippen LogP contribution is -2.01. The first-order chi connectivity index (χ1) is 8.79. The molecule has 1 heterocycles. The van der Waals surface area contributed by atoms with Crippen molar-refractivity contribution in [3.8, 4) is 0 Å². The molecule has 3 N–H and O–H groups in total. The average molecular weight is 262 g/mol. The quantitative estimate of drug-likeness (QED) is 0.784. The number of aromatic nitrogens is 3. The minimum absolute atomic E-state index is 0.682. The summed E-state index contributed by atoms with van der Waals surface area (Å²) in [5, 5.41) is 7.17. The molecule has 0 unspecified atom stereocenters. The number of aromatic amines is 1. The van der Waals surface area contributed by atoms with Gasteiger partial charge in [-0.3, -0.25) is 5.10 Å². The summed E-state index contributed by atoms with van der Waals surface area (Å²) >= 11 is 1.78. The zero-order valence-corrected chi connectivity index (χ0v) is 11.3. The van der Waals surface area contributed by atoms with Gasteiger partial charge in [0.1, 0.15) is 5.82 Å². The topological polar surface area (TPSA) is 67.6 Å². The standard InChI is InChI=1S/C13H18N4S/c1-10-5-2-3-6-11(10)18-9-13-15-12(16-17-13)7-4-8-14/h2-3,5-6H,4,7-9,14H2,1H3,(H,15,16,17). The molecular weight excluding hydrogens is 244 g/mol. The Balaban J connectivity index is 1.90. The van der Waals surface area contributed by atoms with Crippen molar-refractivity contribution in [1.82, 2.24) is 15.2 Å². The zero-order valence-electron chi connectivity index (χ0n) is 10.5. The molecule has 0 amide bonds. The Morgan fingerprint density at radius 2 is 2.17 bits per heavy atom. The van der Waals surface area contributed by atoms with Crippen LogP contribution in [0, 0.1) is 6.92 Å². The predicted octanol–water partition coefficient (Wildman–Crippen LogP) is 2.30.